The van der Waals surface area contributed by atoms with Gasteiger partial charge >= 0.3 is 5.97 Å². The Morgan fingerprint density at radius 2 is 1.50 bits per heavy atom. The van der Waals surface area contributed by atoms with Crippen LogP contribution in [0, 0.1) is 5.92 Å². The number of thiol groups is 1. The molecule has 11 N–H and O–H groups in total. The summed E-state index contributed by atoms with van der Waals surface area (Å²) in [6, 6.07) is -4.63. The van der Waals surface area contributed by atoms with E-state index < -0.39 is 54.5 Å². The van der Waals surface area contributed by atoms with Crippen LogP contribution in [-0.4, -0.2) is 82.9 Å². The Labute approximate surface area is 192 Å². The Morgan fingerprint density at radius 1 is 0.969 bits per heavy atom. The first-order valence-electron chi connectivity index (χ1n) is 10.1. The van der Waals surface area contributed by atoms with Crippen LogP contribution in [0.15, 0.2) is 4.99 Å². The van der Waals surface area contributed by atoms with Gasteiger partial charge in [0.05, 0.1) is 12.6 Å². The van der Waals surface area contributed by atoms with Crippen LogP contribution in [0.3, 0.4) is 0 Å². The van der Waals surface area contributed by atoms with Gasteiger partial charge < -0.3 is 43.4 Å². The summed E-state index contributed by atoms with van der Waals surface area (Å²) >= 11 is 3.89. The number of rotatable bonds is 15. The number of guanidine groups is 1. The summed E-state index contributed by atoms with van der Waals surface area (Å²) < 4.78 is 0. The van der Waals surface area contributed by atoms with Gasteiger partial charge in [-0.25, -0.2) is 4.79 Å². The molecule has 0 fully saturated rings. The van der Waals surface area contributed by atoms with Crippen LogP contribution >= 0.6 is 12.6 Å². The summed E-state index contributed by atoms with van der Waals surface area (Å²) in [7, 11) is 0. The van der Waals surface area contributed by atoms with Gasteiger partial charge in [0.1, 0.15) is 18.1 Å². The lowest BCUT2D eigenvalue weighted by Crippen LogP contribution is -2.58. The van der Waals surface area contributed by atoms with E-state index in [1.165, 1.54) is 0 Å². The van der Waals surface area contributed by atoms with E-state index >= 15 is 0 Å². The van der Waals surface area contributed by atoms with Gasteiger partial charge in [-0.05, 0) is 25.2 Å². The minimum atomic E-state index is -1.35. The quantitative estimate of drug-likeness (QED) is 0.0501. The Morgan fingerprint density at radius 3 is 1.97 bits per heavy atom. The molecule has 0 aliphatic rings. The molecule has 0 bridgehead atoms. The number of aliphatic imine (C=N–C) groups is 1. The van der Waals surface area contributed by atoms with E-state index in [-0.39, 0.29) is 37.0 Å². The van der Waals surface area contributed by atoms with Crippen molar-refractivity contribution in [3.05, 3.63) is 0 Å². The predicted molar refractivity (Wildman–Crippen MR) is 122 cm³/mol. The zero-order chi connectivity index (χ0) is 24.8. The third-order valence-corrected chi connectivity index (χ3v) is 4.62. The zero-order valence-electron chi connectivity index (χ0n) is 18.3. The second-order valence-electron chi connectivity index (χ2n) is 7.57. The molecule has 0 spiro atoms. The average molecular weight is 478 g/mol. The molecule has 0 aliphatic heterocycles. The second kappa shape index (κ2) is 15.3. The molecule has 0 aromatic heterocycles. The lowest BCUT2D eigenvalue weighted by Gasteiger charge is -2.25. The molecule has 0 saturated heterocycles. The first-order valence-corrected chi connectivity index (χ1v) is 10.7. The van der Waals surface area contributed by atoms with Crippen LogP contribution < -0.4 is 33.2 Å². The summed E-state index contributed by atoms with van der Waals surface area (Å²) in [5.41, 5.74) is 16.2. The van der Waals surface area contributed by atoms with E-state index in [2.05, 4.69) is 33.6 Å². The van der Waals surface area contributed by atoms with E-state index in [4.69, 9.17) is 22.3 Å². The average Bonchev–Trinajstić information content (AvgIpc) is 2.71. The van der Waals surface area contributed by atoms with Gasteiger partial charge in [0.25, 0.3) is 0 Å². The summed E-state index contributed by atoms with van der Waals surface area (Å²) in [6.45, 7) is 3.17. The fraction of sp³-hybridized carbons (Fsp3) is 0.722. The molecule has 4 unspecified atom stereocenters. The van der Waals surface area contributed by atoms with Crippen molar-refractivity contribution in [2.75, 3.05) is 18.9 Å². The zero-order valence-corrected chi connectivity index (χ0v) is 19.2. The number of nitrogens with one attached hydrogen (secondary N) is 3. The fourth-order valence-electron chi connectivity index (χ4n) is 2.56. The summed E-state index contributed by atoms with van der Waals surface area (Å²) in [5.74, 6) is -3.71. The number of nitrogens with zero attached hydrogens (tertiary/aromatic N) is 1. The van der Waals surface area contributed by atoms with E-state index in [0.29, 0.717) is 6.42 Å². The molecule has 0 aromatic rings. The van der Waals surface area contributed by atoms with Gasteiger partial charge in [0.15, 0.2) is 5.96 Å². The number of hydrogen-bond acceptors (Lipinski definition) is 8. The van der Waals surface area contributed by atoms with Gasteiger partial charge in [-0.3, -0.25) is 19.4 Å². The van der Waals surface area contributed by atoms with Gasteiger partial charge in [-0.2, -0.15) is 12.6 Å². The van der Waals surface area contributed by atoms with Crippen molar-refractivity contribution in [2.45, 2.75) is 57.3 Å². The molecule has 0 aromatic carbocycles. The van der Waals surface area contributed by atoms with E-state index in [9.17, 15) is 24.3 Å². The number of hydrogen-bond donors (Lipinski definition) is 9. The second-order valence-corrected chi connectivity index (χ2v) is 7.94. The van der Waals surface area contributed by atoms with Crippen LogP contribution in [0.5, 0.6) is 0 Å². The Balaban J connectivity index is 5.03. The number of carbonyl (C=O) groups excluding carboxylic acids is 3. The van der Waals surface area contributed by atoms with Crippen molar-refractivity contribution >= 4 is 42.3 Å². The first-order chi connectivity index (χ1) is 14.9. The van der Waals surface area contributed by atoms with Crippen LogP contribution in [-0.2, 0) is 19.2 Å². The van der Waals surface area contributed by atoms with E-state index in [1.54, 1.807) is 0 Å². The number of aliphatic hydroxyl groups is 1. The maximum absolute atomic E-state index is 12.6. The topological polar surface area (TPSA) is 235 Å². The summed E-state index contributed by atoms with van der Waals surface area (Å²) in [6.07, 6.45) is 0.864. The van der Waals surface area contributed by atoms with Crippen LogP contribution in [0.4, 0.5) is 0 Å². The van der Waals surface area contributed by atoms with E-state index in [0.717, 1.165) is 0 Å². The maximum Gasteiger partial charge on any atom is 0.327 e. The Hall–Kier alpha value is -2.58. The predicted octanol–water partition coefficient (Wildman–Crippen LogP) is -3.13. The molecule has 14 heteroatoms. The number of carboxylic acids is 1. The van der Waals surface area contributed by atoms with Crippen molar-refractivity contribution in [3.63, 3.8) is 0 Å². The van der Waals surface area contributed by atoms with Crippen molar-refractivity contribution in [1.29, 1.82) is 0 Å². The van der Waals surface area contributed by atoms with E-state index in [1.807, 2.05) is 13.8 Å². The van der Waals surface area contributed by atoms with Crippen molar-refractivity contribution < 1.29 is 29.4 Å². The SMILES string of the molecule is CC(C)CC(NC(=O)C(CO)NC(=O)C(N)CCCN=C(N)N)C(=O)NC(CS)C(=O)O. The Kier molecular flexibility index (Phi) is 14.0. The monoisotopic (exact) mass is 477 g/mol. The number of carbonyl (C=O) groups is 4. The third-order valence-electron chi connectivity index (χ3n) is 4.26. The highest BCUT2D eigenvalue weighted by molar-refractivity contribution is 7.80. The molecule has 13 nitrogen and oxygen atoms in total. The third kappa shape index (κ3) is 11.7. The molecule has 184 valence electrons. The van der Waals surface area contributed by atoms with Crippen LogP contribution in [0.1, 0.15) is 33.1 Å². The standard InChI is InChI=1S/C18H35N7O6S/c1-9(2)6-11(15(28)25-13(8-32)17(30)31)23-16(29)12(7-26)24-14(27)10(19)4-3-5-22-18(20)21/h9-13,26,32H,3-8,19H2,1-2H3,(H,23,29)(H,24,27)(H,25,28)(H,30,31)(H4,20,21,22). The largest absolute Gasteiger partial charge is 0.480 e. The molecular formula is C18H35N7O6S. The van der Waals surface area contributed by atoms with Crippen molar-refractivity contribution in [3.8, 4) is 0 Å². The number of aliphatic carboxylic acids is 1. The van der Waals surface area contributed by atoms with Gasteiger partial charge in [-0.15, -0.1) is 0 Å². The highest BCUT2D eigenvalue weighted by Crippen LogP contribution is 2.07. The lowest BCUT2D eigenvalue weighted by molar-refractivity contribution is -0.141. The summed E-state index contributed by atoms with van der Waals surface area (Å²) in [5, 5.41) is 25.7. The molecule has 0 radical (unpaired) electrons. The van der Waals surface area contributed by atoms with Gasteiger partial charge in [0.2, 0.25) is 17.7 Å². The Bertz CT molecular complexity index is 672. The first kappa shape index (κ1) is 29.4. The van der Waals surface area contributed by atoms with Crippen molar-refractivity contribution in [1.82, 2.24) is 16.0 Å². The van der Waals surface area contributed by atoms with Crippen LogP contribution in [0.2, 0.25) is 0 Å². The highest BCUT2D eigenvalue weighted by atomic mass is 32.1. The molecule has 0 rings (SSSR count). The number of aliphatic hydroxyl groups excluding tert-OH is 1. The number of nitrogens with two attached hydrogens (primary N) is 3. The van der Waals surface area contributed by atoms with Gasteiger partial charge in [0, 0.05) is 12.3 Å². The number of carboxylic acid groups (broad SMARTS) is 1. The highest BCUT2D eigenvalue weighted by Gasteiger charge is 2.30. The fourth-order valence-corrected chi connectivity index (χ4v) is 2.80. The lowest BCUT2D eigenvalue weighted by atomic mass is 10.0. The van der Waals surface area contributed by atoms with Gasteiger partial charge in [-0.1, -0.05) is 13.8 Å². The molecule has 32 heavy (non-hydrogen) atoms. The molecule has 3 amide bonds. The van der Waals surface area contributed by atoms with Crippen molar-refractivity contribution in [2.24, 2.45) is 28.1 Å². The smallest absolute Gasteiger partial charge is 0.327 e. The maximum atomic E-state index is 12.6. The number of amides is 3. The molecular weight excluding hydrogens is 442 g/mol. The summed E-state index contributed by atoms with van der Waals surface area (Å²) in [4.78, 5) is 52.2. The minimum Gasteiger partial charge on any atom is -0.480 e. The van der Waals surface area contributed by atoms with Crippen LogP contribution in [0.25, 0.3) is 0 Å². The molecule has 0 aliphatic carbocycles. The molecule has 0 heterocycles. The molecule has 4 atom stereocenters. The molecule has 0 saturated carbocycles. The normalized spacial score (nSPS) is 14.6. The minimum absolute atomic E-state index is 0.0221.